The Labute approximate surface area is 166 Å². The molecule has 1 aliphatic carbocycles. The van der Waals surface area contributed by atoms with E-state index in [2.05, 4.69) is 0 Å². The van der Waals surface area contributed by atoms with E-state index in [9.17, 15) is 13.2 Å². The van der Waals surface area contributed by atoms with Gasteiger partial charge in [0.25, 0.3) is 0 Å². The molecule has 1 fully saturated rings. The summed E-state index contributed by atoms with van der Waals surface area (Å²) in [6.07, 6.45) is 1.97. The largest absolute Gasteiger partial charge is 0.490 e. The van der Waals surface area contributed by atoms with Gasteiger partial charge < -0.3 is 9.47 Å². The van der Waals surface area contributed by atoms with E-state index in [0.29, 0.717) is 31.4 Å². The first-order valence-electron chi connectivity index (χ1n) is 9.54. The van der Waals surface area contributed by atoms with Gasteiger partial charge in [0.1, 0.15) is 19.0 Å². The van der Waals surface area contributed by atoms with Gasteiger partial charge in [-0.3, -0.25) is 4.79 Å². The molecular formula is C22H26O5S. The van der Waals surface area contributed by atoms with Crippen LogP contribution in [0.5, 0.6) is 5.75 Å². The highest BCUT2D eigenvalue weighted by Gasteiger charge is 2.54. The fourth-order valence-electron chi connectivity index (χ4n) is 3.58. The molecule has 150 valence electrons. The first-order valence-corrected chi connectivity index (χ1v) is 11.0. The lowest BCUT2D eigenvalue weighted by atomic mass is 10.1. The normalized spacial score (nSPS) is 15.9. The van der Waals surface area contributed by atoms with Crippen LogP contribution in [0.1, 0.15) is 36.8 Å². The summed E-state index contributed by atoms with van der Waals surface area (Å²) in [4.78, 5) is 13.1. The minimum Gasteiger partial charge on any atom is -0.490 e. The number of ether oxygens (including phenoxy) is 2. The molecular weight excluding hydrogens is 376 g/mol. The maximum atomic E-state index is 13.4. The third kappa shape index (κ3) is 3.92. The van der Waals surface area contributed by atoms with E-state index >= 15 is 0 Å². The number of para-hydroxylation sites is 1. The SMILES string of the molecule is Cc1ccc(S(=O)(=O)C2(C(=O)OCCOc3ccccc3)CCCC2)cc1C. The van der Waals surface area contributed by atoms with E-state index in [0.717, 1.165) is 11.1 Å². The summed E-state index contributed by atoms with van der Waals surface area (Å²) < 4.78 is 36.2. The molecule has 5 nitrogen and oxygen atoms in total. The highest BCUT2D eigenvalue weighted by atomic mass is 32.2. The van der Waals surface area contributed by atoms with Gasteiger partial charge in [0.2, 0.25) is 0 Å². The fraction of sp³-hybridized carbons (Fsp3) is 0.409. The van der Waals surface area contributed by atoms with E-state index in [1.165, 1.54) is 0 Å². The van der Waals surface area contributed by atoms with Crippen LogP contribution in [0.4, 0.5) is 0 Å². The van der Waals surface area contributed by atoms with Crippen molar-refractivity contribution in [3.8, 4) is 5.75 Å². The van der Waals surface area contributed by atoms with Crippen molar-refractivity contribution in [3.63, 3.8) is 0 Å². The molecule has 0 spiro atoms. The van der Waals surface area contributed by atoms with Crippen LogP contribution in [-0.2, 0) is 19.4 Å². The van der Waals surface area contributed by atoms with E-state index < -0.39 is 20.6 Å². The second-order valence-corrected chi connectivity index (χ2v) is 9.51. The molecule has 0 heterocycles. The lowest BCUT2D eigenvalue weighted by Crippen LogP contribution is -2.45. The van der Waals surface area contributed by atoms with E-state index in [4.69, 9.17) is 9.47 Å². The van der Waals surface area contributed by atoms with Crippen molar-refractivity contribution in [2.45, 2.75) is 49.2 Å². The minimum atomic E-state index is -3.84. The van der Waals surface area contributed by atoms with Crippen LogP contribution >= 0.6 is 0 Å². The van der Waals surface area contributed by atoms with E-state index in [1.807, 2.05) is 44.2 Å². The van der Waals surface area contributed by atoms with Gasteiger partial charge >= 0.3 is 5.97 Å². The highest BCUT2D eigenvalue weighted by molar-refractivity contribution is 7.93. The molecule has 6 heteroatoms. The number of carbonyl (C=O) groups is 1. The average molecular weight is 403 g/mol. The van der Waals surface area contributed by atoms with Crippen LogP contribution in [0.25, 0.3) is 0 Å². The summed E-state index contributed by atoms with van der Waals surface area (Å²) in [6.45, 7) is 3.99. The van der Waals surface area contributed by atoms with Crippen LogP contribution < -0.4 is 4.74 Å². The third-order valence-electron chi connectivity index (χ3n) is 5.41. The monoisotopic (exact) mass is 402 g/mol. The summed E-state index contributed by atoms with van der Waals surface area (Å²) >= 11 is 0. The summed E-state index contributed by atoms with van der Waals surface area (Å²) in [5, 5.41) is 0. The smallest absolute Gasteiger partial charge is 0.327 e. The standard InChI is InChI=1S/C22H26O5S/c1-17-10-11-20(16-18(17)2)28(24,25)22(12-6-7-13-22)21(23)27-15-14-26-19-8-4-3-5-9-19/h3-5,8-11,16H,6-7,12-15H2,1-2H3. The molecule has 2 aromatic rings. The Morgan fingerprint density at radius 1 is 0.964 bits per heavy atom. The van der Waals surface area contributed by atoms with Crippen LogP contribution in [0, 0.1) is 13.8 Å². The zero-order valence-corrected chi connectivity index (χ0v) is 17.1. The van der Waals surface area contributed by atoms with Crippen molar-refractivity contribution >= 4 is 15.8 Å². The molecule has 0 aliphatic heterocycles. The van der Waals surface area contributed by atoms with Gasteiger partial charge in [0, 0.05) is 0 Å². The second-order valence-electron chi connectivity index (χ2n) is 7.25. The summed E-state index contributed by atoms with van der Waals surface area (Å²) in [5.41, 5.74) is 1.90. The van der Waals surface area contributed by atoms with Gasteiger partial charge in [-0.2, -0.15) is 0 Å². The number of sulfone groups is 1. The maximum absolute atomic E-state index is 13.4. The molecule has 0 atom stereocenters. The zero-order chi connectivity index (χ0) is 20.2. The molecule has 3 rings (SSSR count). The fourth-order valence-corrected chi connectivity index (χ4v) is 5.71. The lowest BCUT2D eigenvalue weighted by molar-refractivity contribution is -0.147. The zero-order valence-electron chi connectivity index (χ0n) is 16.3. The topological polar surface area (TPSA) is 69.7 Å². The van der Waals surface area contributed by atoms with Crippen molar-refractivity contribution in [1.82, 2.24) is 0 Å². The first-order chi connectivity index (χ1) is 13.4. The molecule has 2 aromatic carbocycles. The maximum Gasteiger partial charge on any atom is 0.327 e. The van der Waals surface area contributed by atoms with Crippen molar-refractivity contribution in [2.24, 2.45) is 0 Å². The van der Waals surface area contributed by atoms with E-state index in [-0.39, 0.29) is 18.1 Å². The predicted octanol–water partition coefficient (Wildman–Crippen LogP) is 4.01. The number of rotatable bonds is 7. The Morgan fingerprint density at radius 2 is 1.64 bits per heavy atom. The van der Waals surface area contributed by atoms with Gasteiger partial charge in [-0.05, 0) is 62.1 Å². The Hall–Kier alpha value is -2.34. The van der Waals surface area contributed by atoms with Gasteiger partial charge in [-0.25, -0.2) is 8.42 Å². The Balaban J connectivity index is 1.73. The Morgan fingerprint density at radius 3 is 2.29 bits per heavy atom. The van der Waals surface area contributed by atoms with Gasteiger partial charge in [0.15, 0.2) is 14.6 Å². The average Bonchev–Trinajstić information content (AvgIpc) is 3.20. The second kappa shape index (κ2) is 8.35. The van der Waals surface area contributed by atoms with Crippen LogP contribution in [0.15, 0.2) is 53.4 Å². The van der Waals surface area contributed by atoms with Crippen molar-refractivity contribution in [1.29, 1.82) is 0 Å². The summed E-state index contributed by atoms with van der Waals surface area (Å²) in [5.74, 6) is 0.0109. The number of benzene rings is 2. The molecule has 1 saturated carbocycles. The van der Waals surface area contributed by atoms with Gasteiger partial charge in [-0.15, -0.1) is 0 Å². The molecule has 0 unspecified atom stereocenters. The number of hydrogen-bond acceptors (Lipinski definition) is 5. The number of esters is 1. The molecule has 0 aromatic heterocycles. The lowest BCUT2D eigenvalue weighted by Gasteiger charge is -2.27. The van der Waals surface area contributed by atoms with Gasteiger partial charge in [-0.1, -0.05) is 37.1 Å². The predicted molar refractivity (Wildman–Crippen MR) is 107 cm³/mol. The summed E-state index contributed by atoms with van der Waals surface area (Å²) in [7, 11) is -3.84. The van der Waals surface area contributed by atoms with Crippen LogP contribution in [-0.4, -0.2) is 32.3 Å². The van der Waals surface area contributed by atoms with Crippen molar-refractivity contribution in [3.05, 3.63) is 59.7 Å². The molecule has 0 saturated heterocycles. The quantitative estimate of drug-likeness (QED) is 0.517. The minimum absolute atomic E-state index is 0.0118. The highest BCUT2D eigenvalue weighted by Crippen LogP contribution is 2.41. The molecule has 0 bridgehead atoms. The Bertz CT molecular complexity index is 929. The molecule has 28 heavy (non-hydrogen) atoms. The van der Waals surface area contributed by atoms with Gasteiger partial charge in [0.05, 0.1) is 4.90 Å². The van der Waals surface area contributed by atoms with Crippen LogP contribution in [0.3, 0.4) is 0 Å². The molecule has 0 amide bonds. The summed E-state index contributed by atoms with van der Waals surface area (Å²) in [6, 6.07) is 14.2. The number of carbonyl (C=O) groups excluding carboxylic acids is 1. The van der Waals surface area contributed by atoms with Crippen molar-refractivity contribution in [2.75, 3.05) is 13.2 Å². The number of aryl methyl sites for hydroxylation is 2. The molecule has 0 N–H and O–H groups in total. The van der Waals surface area contributed by atoms with E-state index in [1.54, 1.807) is 18.2 Å². The van der Waals surface area contributed by atoms with Crippen LogP contribution in [0.2, 0.25) is 0 Å². The third-order valence-corrected chi connectivity index (χ3v) is 7.89. The number of hydrogen-bond donors (Lipinski definition) is 0. The first kappa shape index (κ1) is 20.4. The molecule has 0 radical (unpaired) electrons. The Kier molecular flexibility index (Phi) is 6.08. The van der Waals surface area contributed by atoms with Crippen molar-refractivity contribution < 1.29 is 22.7 Å². The molecule has 1 aliphatic rings.